The largest absolute Gasteiger partial charge is 0.330 e. The van der Waals surface area contributed by atoms with E-state index < -0.39 is 0 Å². The summed E-state index contributed by atoms with van der Waals surface area (Å²) in [6.45, 7) is 0.637. The number of aryl methyl sites for hydroxylation is 1. The predicted molar refractivity (Wildman–Crippen MR) is 85.9 cm³/mol. The standard InChI is InChI=1S/C16H17BrN2O/c17-14-8-9-15(13(11-14)7-4-10-18)19-16(20)12-5-2-1-3-6-12/h1-3,5-6,8-9,11H,4,7,10,18H2,(H,19,20). The Hall–Kier alpha value is -1.65. The Morgan fingerprint density at radius 3 is 2.60 bits per heavy atom. The first-order chi connectivity index (χ1) is 9.70. The van der Waals surface area contributed by atoms with E-state index in [1.807, 2.05) is 36.4 Å². The Bertz CT molecular complexity index is 584. The minimum absolute atomic E-state index is 0.0954. The average molecular weight is 333 g/mol. The third-order valence-electron chi connectivity index (χ3n) is 3.00. The van der Waals surface area contributed by atoms with Gasteiger partial charge in [0.15, 0.2) is 0 Å². The third kappa shape index (κ3) is 3.92. The van der Waals surface area contributed by atoms with E-state index in [1.54, 1.807) is 12.1 Å². The molecule has 0 heterocycles. The van der Waals surface area contributed by atoms with Crippen molar-refractivity contribution in [2.75, 3.05) is 11.9 Å². The zero-order valence-electron chi connectivity index (χ0n) is 11.1. The molecule has 104 valence electrons. The maximum Gasteiger partial charge on any atom is 0.255 e. The summed E-state index contributed by atoms with van der Waals surface area (Å²) in [6.07, 6.45) is 1.74. The fraction of sp³-hybridized carbons (Fsp3) is 0.188. The van der Waals surface area contributed by atoms with Crippen molar-refractivity contribution in [1.82, 2.24) is 0 Å². The Kier molecular flexibility index (Phi) is 5.32. The maximum atomic E-state index is 12.2. The highest BCUT2D eigenvalue weighted by molar-refractivity contribution is 9.10. The highest BCUT2D eigenvalue weighted by atomic mass is 79.9. The highest BCUT2D eigenvalue weighted by Gasteiger charge is 2.09. The summed E-state index contributed by atoms with van der Waals surface area (Å²) in [5.74, 6) is -0.0954. The van der Waals surface area contributed by atoms with E-state index in [-0.39, 0.29) is 5.91 Å². The lowest BCUT2D eigenvalue weighted by atomic mass is 10.1. The number of benzene rings is 2. The number of carbonyl (C=O) groups is 1. The molecule has 0 saturated heterocycles. The quantitative estimate of drug-likeness (QED) is 0.878. The van der Waals surface area contributed by atoms with E-state index in [2.05, 4.69) is 21.2 Å². The Labute approximate surface area is 127 Å². The van der Waals surface area contributed by atoms with Crippen molar-refractivity contribution in [1.29, 1.82) is 0 Å². The number of amides is 1. The number of hydrogen-bond acceptors (Lipinski definition) is 2. The fourth-order valence-electron chi connectivity index (χ4n) is 1.97. The first-order valence-electron chi connectivity index (χ1n) is 6.55. The summed E-state index contributed by atoms with van der Waals surface area (Å²) in [6, 6.07) is 15.1. The van der Waals surface area contributed by atoms with Gasteiger partial charge in [-0.1, -0.05) is 34.1 Å². The number of nitrogens with one attached hydrogen (secondary N) is 1. The molecule has 4 heteroatoms. The molecule has 0 aliphatic heterocycles. The molecule has 0 aromatic heterocycles. The molecule has 20 heavy (non-hydrogen) atoms. The number of nitrogens with two attached hydrogens (primary N) is 1. The number of rotatable bonds is 5. The van der Waals surface area contributed by atoms with Crippen molar-refractivity contribution >= 4 is 27.5 Å². The summed E-state index contributed by atoms with van der Waals surface area (Å²) in [4.78, 5) is 12.2. The zero-order chi connectivity index (χ0) is 14.4. The van der Waals surface area contributed by atoms with Gasteiger partial charge in [0.2, 0.25) is 0 Å². The van der Waals surface area contributed by atoms with Gasteiger partial charge >= 0.3 is 0 Å². The SMILES string of the molecule is NCCCc1cc(Br)ccc1NC(=O)c1ccccc1. The zero-order valence-corrected chi connectivity index (χ0v) is 12.7. The molecule has 0 spiro atoms. The van der Waals surface area contributed by atoms with Crippen LogP contribution in [-0.4, -0.2) is 12.5 Å². The molecule has 2 rings (SSSR count). The van der Waals surface area contributed by atoms with Gasteiger partial charge < -0.3 is 11.1 Å². The second-order valence-corrected chi connectivity index (χ2v) is 5.43. The van der Waals surface area contributed by atoms with Crippen LogP contribution in [0.15, 0.2) is 53.0 Å². The molecule has 3 nitrogen and oxygen atoms in total. The lowest BCUT2D eigenvalue weighted by molar-refractivity contribution is 0.102. The molecule has 0 radical (unpaired) electrons. The van der Waals surface area contributed by atoms with Gasteiger partial charge in [0.05, 0.1) is 0 Å². The Balaban J connectivity index is 2.18. The first kappa shape index (κ1) is 14.8. The van der Waals surface area contributed by atoms with E-state index >= 15 is 0 Å². The summed E-state index contributed by atoms with van der Waals surface area (Å²) >= 11 is 3.46. The van der Waals surface area contributed by atoms with Crippen LogP contribution in [-0.2, 0) is 6.42 Å². The number of carbonyl (C=O) groups excluding carboxylic acids is 1. The van der Waals surface area contributed by atoms with E-state index in [9.17, 15) is 4.79 Å². The first-order valence-corrected chi connectivity index (χ1v) is 7.35. The Morgan fingerprint density at radius 1 is 1.15 bits per heavy atom. The van der Waals surface area contributed by atoms with Crippen LogP contribution in [0.2, 0.25) is 0 Å². The molecule has 0 saturated carbocycles. The maximum absolute atomic E-state index is 12.2. The molecular weight excluding hydrogens is 316 g/mol. The molecule has 2 aromatic rings. The van der Waals surface area contributed by atoms with Gasteiger partial charge in [0, 0.05) is 15.7 Å². The van der Waals surface area contributed by atoms with Gasteiger partial charge in [-0.2, -0.15) is 0 Å². The summed E-state index contributed by atoms with van der Waals surface area (Å²) in [5.41, 5.74) is 8.15. The smallest absolute Gasteiger partial charge is 0.255 e. The lowest BCUT2D eigenvalue weighted by Gasteiger charge is -2.11. The predicted octanol–water partition coefficient (Wildman–Crippen LogP) is 3.59. The normalized spacial score (nSPS) is 10.3. The van der Waals surface area contributed by atoms with Gasteiger partial charge in [-0.05, 0) is 55.3 Å². The highest BCUT2D eigenvalue weighted by Crippen LogP contribution is 2.23. The molecule has 0 aliphatic rings. The second kappa shape index (κ2) is 7.22. The van der Waals surface area contributed by atoms with Crippen molar-refractivity contribution in [2.24, 2.45) is 5.73 Å². The van der Waals surface area contributed by atoms with E-state index in [0.29, 0.717) is 12.1 Å². The summed E-state index contributed by atoms with van der Waals surface area (Å²) < 4.78 is 1.00. The number of hydrogen-bond donors (Lipinski definition) is 2. The van der Waals surface area contributed by atoms with Crippen LogP contribution in [0.5, 0.6) is 0 Å². The van der Waals surface area contributed by atoms with Crippen LogP contribution in [0, 0.1) is 0 Å². The Morgan fingerprint density at radius 2 is 1.90 bits per heavy atom. The lowest BCUT2D eigenvalue weighted by Crippen LogP contribution is -2.13. The van der Waals surface area contributed by atoms with Crippen LogP contribution in [0.25, 0.3) is 0 Å². The molecule has 0 unspecified atom stereocenters. The molecule has 0 aliphatic carbocycles. The van der Waals surface area contributed by atoms with E-state index in [1.165, 1.54) is 0 Å². The van der Waals surface area contributed by atoms with Crippen LogP contribution in [0.1, 0.15) is 22.3 Å². The molecule has 1 amide bonds. The topological polar surface area (TPSA) is 55.1 Å². The third-order valence-corrected chi connectivity index (χ3v) is 3.49. The summed E-state index contributed by atoms with van der Waals surface area (Å²) in [7, 11) is 0. The van der Waals surface area contributed by atoms with Crippen LogP contribution < -0.4 is 11.1 Å². The minimum Gasteiger partial charge on any atom is -0.330 e. The van der Waals surface area contributed by atoms with Gasteiger partial charge in [-0.25, -0.2) is 0 Å². The molecular formula is C16H17BrN2O. The molecule has 3 N–H and O–H groups in total. The van der Waals surface area contributed by atoms with Gasteiger partial charge in [-0.3, -0.25) is 4.79 Å². The van der Waals surface area contributed by atoms with Crippen LogP contribution in [0.4, 0.5) is 5.69 Å². The molecule has 0 atom stereocenters. The van der Waals surface area contributed by atoms with Crippen LogP contribution >= 0.6 is 15.9 Å². The van der Waals surface area contributed by atoms with Gasteiger partial charge in [-0.15, -0.1) is 0 Å². The van der Waals surface area contributed by atoms with E-state index in [4.69, 9.17) is 5.73 Å². The second-order valence-electron chi connectivity index (χ2n) is 4.51. The van der Waals surface area contributed by atoms with Gasteiger partial charge in [0.1, 0.15) is 0 Å². The van der Waals surface area contributed by atoms with Crippen molar-refractivity contribution in [2.45, 2.75) is 12.8 Å². The number of anilines is 1. The minimum atomic E-state index is -0.0954. The molecule has 0 bridgehead atoms. The average Bonchev–Trinajstić information content (AvgIpc) is 2.48. The van der Waals surface area contributed by atoms with Crippen molar-refractivity contribution in [3.05, 3.63) is 64.1 Å². The molecule has 2 aromatic carbocycles. The van der Waals surface area contributed by atoms with Gasteiger partial charge in [0.25, 0.3) is 5.91 Å². The van der Waals surface area contributed by atoms with E-state index in [0.717, 1.165) is 28.6 Å². The fourth-order valence-corrected chi connectivity index (χ4v) is 2.38. The number of halogens is 1. The summed E-state index contributed by atoms with van der Waals surface area (Å²) in [5, 5.41) is 2.96. The van der Waals surface area contributed by atoms with Crippen molar-refractivity contribution in [3.8, 4) is 0 Å². The molecule has 0 fully saturated rings. The van der Waals surface area contributed by atoms with Crippen molar-refractivity contribution in [3.63, 3.8) is 0 Å². The van der Waals surface area contributed by atoms with Crippen LogP contribution in [0.3, 0.4) is 0 Å². The van der Waals surface area contributed by atoms with Crippen molar-refractivity contribution < 1.29 is 4.79 Å². The monoisotopic (exact) mass is 332 g/mol.